The Labute approximate surface area is 181 Å². The first kappa shape index (κ1) is 22.1. The van der Waals surface area contributed by atoms with Crippen LogP contribution in [-0.4, -0.2) is 27.9 Å². The number of benzene rings is 2. The predicted molar refractivity (Wildman–Crippen MR) is 106 cm³/mol. The second kappa shape index (κ2) is 8.77. The number of hydrogen-bond donors (Lipinski definition) is 0. The average Bonchev–Trinajstić information content (AvgIpc) is 3.12. The van der Waals surface area contributed by atoms with Gasteiger partial charge in [-0.05, 0) is 18.2 Å². The van der Waals surface area contributed by atoms with Gasteiger partial charge in [0.15, 0.2) is 23.2 Å². The minimum absolute atomic E-state index is 0.0117. The molecule has 0 unspecified atom stereocenters. The van der Waals surface area contributed by atoms with Gasteiger partial charge in [-0.15, -0.1) is 4.39 Å². The fraction of sp³-hybridized carbons (Fsp3) is 0.0455. The SMILES string of the molecule is O=C(c1ccccc1)c1ccc2nc(N=C(F)OC(F)F)c(-c3cc(F)c(F)cc3F)n2c1. The highest BCUT2D eigenvalue weighted by atomic mass is 19.3. The zero-order chi connectivity index (χ0) is 23.7. The van der Waals surface area contributed by atoms with Crippen LogP contribution in [0.3, 0.4) is 0 Å². The van der Waals surface area contributed by atoms with Crippen LogP contribution >= 0.6 is 0 Å². The van der Waals surface area contributed by atoms with Gasteiger partial charge in [0.2, 0.25) is 0 Å². The number of carbonyl (C=O) groups excluding carboxylic acids is 1. The van der Waals surface area contributed by atoms with Crippen molar-refractivity contribution in [3.05, 3.63) is 89.4 Å². The van der Waals surface area contributed by atoms with Crippen LogP contribution in [0.4, 0.5) is 32.2 Å². The lowest BCUT2D eigenvalue weighted by Gasteiger charge is -2.08. The molecule has 0 aliphatic rings. The van der Waals surface area contributed by atoms with Crippen molar-refractivity contribution < 1.29 is 35.9 Å². The van der Waals surface area contributed by atoms with E-state index in [0.717, 1.165) is 4.40 Å². The third-order valence-corrected chi connectivity index (χ3v) is 4.54. The largest absolute Gasteiger partial charge is 0.393 e. The summed E-state index contributed by atoms with van der Waals surface area (Å²) in [6, 6.07) is 11.5. The molecule has 0 N–H and O–H groups in total. The Morgan fingerprint density at radius 3 is 2.33 bits per heavy atom. The molecule has 0 radical (unpaired) electrons. The van der Waals surface area contributed by atoms with E-state index in [1.807, 2.05) is 0 Å². The number of carbonyl (C=O) groups is 1. The molecule has 2 heterocycles. The summed E-state index contributed by atoms with van der Waals surface area (Å²) in [7, 11) is 0. The summed E-state index contributed by atoms with van der Waals surface area (Å²) in [6.45, 7) is -3.54. The molecule has 0 aliphatic heterocycles. The second-order valence-electron chi connectivity index (χ2n) is 6.61. The maximum absolute atomic E-state index is 14.6. The number of aromatic nitrogens is 2. The quantitative estimate of drug-likeness (QED) is 0.123. The molecule has 4 rings (SSSR count). The zero-order valence-corrected chi connectivity index (χ0v) is 16.3. The summed E-state index contributed by atoms with van der Waals surface area (Å²) in [5.41, 5.74) is -0.615. The lowest BCUT2D eigenvalue weighted by Crippen LogP contribution is -2.04. The highest BCUT2D eigenvalue weighted by Crippen LogP contribution is 2.35. The molecule has 0 amide bonds. The van der Waals surface area contributed by atoms with E-state index in [0.29, 0.717) is 11.6 Å². The number of imidazole rings is 1. The van der Waals surface area contributed by atoms with Crippen LogP contribution < -0.4 is 0 Å². The van der Waals surface area contributed by atoms with E-state index in [1.54, 1.807) is 30.3 Å². The van der Waals surface area contributed by atoms with Gasteiger partial charge in [0.05, 0.1) is 0 Å². The van der Waals surface area contributed by atoms with Gasteiger partial charge in [-0.2, -0.15) is 13.8 Å². The molecular formula is C22H11F6N3O2. The summed E-state index contributed by atoms with van der Waals surface area (Å²) in [4.78, 5) is 19.9. The van der Waals surface area contributed by atoms with Gasteiger partial charge >= 0.3 is 12.8 Å². The average molecular weight is 463 g/mol. The summed E-state index contributed by atoms with van der Waals surface area (Å²) >= 11 is 0. The molecule has 11 heteroatoms. The molecule has 0 atom stereocenters. The van der Waals surface area contributed by atoms with E-state index in [2.05, 4.69) is 14.7 Å². The maximum atomic E-state index is 14.6. The third kappa shape index (κ3) is 4.43. The standard InChI is InChI=1S/C22H11F6N3O2/c23-14-9-16(25)15(24)8-13(14)18-20(30-22(28)33-21(26)27)29-17-7-6-12(10-31(17)18)19(32)11-4-2-1-3-5-11/h1-10,21H. The van der Waals surface area contributed by atoms with Crippen LogP contribution in [0.25, 0.3) is 16.9 Å². The number of rotatable bonds is 5. The zero-order valence-electron chi connectivity index (χ0n) is 16.3. The van der Waals surface area contributed by atoms with Crippen LogP contribution in [0.1, 0.15) is 15.9 Å². The topological polar surface area (TPSA) is 56.0 Å². The molecule has 2 aromatic carbocycles. The fourth-order valence-corrected chi connectivity index (χ4v) is 3.14. The summed E-state index contributed by atoms with van der Waals surface area (Å²) in [5.74, 6) is -5.27. The normalized spacial score (nSPS) is 11.9. The van der Waals surface area contributed by atoms with E-state index in [1.165, 1.54) is 18.3 Å². The lowest BCUT2D eigenvalue weighted by molar-refractivity contribution is -0.0688. The van der Waals surface area contributed by atoms with Gasteiger partial charge in [0, 0.05) is 29.0 Å². The van der Waals surface area contributed by atoms with Crippen molar-refractivity contribution in [2.45, 2.75) is 6.61 Å². The van der Waals surface area contributed by atoms with Crippen molar-refractivity contribution in [1.29, 1.82) is 0 Å². The van der Waals surface area contributed by atoms with Gasteiger partial charge < -0.3 is 4.74 Å². The Hall–Kier alpha value is -4.15. The first-order valence-corrected chi connectivity index (χ1v) is 9.20. The van der Waals surface area contributed by atoms with Crippen molar-refractivity contribution in [2.24, 2.45) is 4.99 Å². The Morgan fingerprint density at radius 1 is 0.939 bits per heavy atom. The van der Waals surface area contributed by atoms with E-state index in [9.17, 15) is 31.1 Å². The van der Waals surface area contributed by atoms with Crippen LogP contribution in [0, 0.1) is 17.5 Å². The molecule has 0 saturated heterocycles. The highest BCUT2D eigenvalue weighted by Gasteiger charge is 2.22. The van der Waals surface area contributed by atoms with Gasteiger partial charge in [-0.1, -0.05) is 30.3 Å². The Balaban J connectivity index is 1.95. The number of halogens is 6. The molecule has 0 spiro atoms. The van der Waals surface area contributed by atoms with Crippen LogP contribution in [0.15, 0.2) is 65.8 Å². The van der Waals surface area contributed by atoms with Gasteiger partial charge in [0.25, 0.3) is 0 Å². The van der Waals surface area contributed by atoms with Crippen molar-refractivity contribution >= 4 is 23.4 Å². The van der Waals surface area contributed by atoms with Crippen LogP contribution in [-0.2, 0) is 4.74 Å². The Bertz CT molecular complexity index is 1390. The Morgan fingerprint density at radius 2 is 1.64 bits per heavy atom. The number of pyridine rings is 1. The number of ether oxygens (including phenoxy) is 1. The fourth-order valence-electron chi connectivity index (χ4n) is 3.14. The van der Waals surface area contributed by atoms with E-state index < -0.39 is 53.1 Å². The minimum atomic E-state index is -3.54. The number of aliphatic imine (C=N–C) groups is 1. The predicted octanol–water partition coefficient (Wildman–Crippen LogP) is 5.85. The van der Waals surface area contributed by atoms with Crippen molar-refractivity contribution in [1.82, 2.24) is 9.38 Å². The maximum Gasteiger partial charge on any atom is 0.390 e. The number of nitrogens with zero attached hydrogens (tertiary/aromatic N) is 3. The third-order valence-electron chi connectivity index (χ3n) is 4.54. The van der Waals surface area contributed by atoms with Crippen molar-refractivity contribution in [3.8, 4) is 11.3 Å². The van der Waals surface area contributed by atoms with E-state index in [-0.39, 0.29) is 17.3 Å². The monoisotopic (exact) mass is 463 g/mol. The molecular weight excluding hydrogens is 452 g/mol. The van der Waals surface area contributed by atoms with E-state index in [4.69, 9.17) is 0 Å². The lowest BCUT2D eigenvalue weighted by atomic mass is 10.1. The van der Waals surface area contributed by atoms with Crippen LogP contribution in [0.5, 0.6) is 0 Å². The molecule has 2 aromatic heterocycles. The molecule has 0 aliphatic carbocycles. The summed E-state index contributed by atoms with van der Waals surface area (Å²) in [5, 5.41) is 0. The number of hydrogen-bond acceptors (Lipinski definition) is 4. The van der Waals surface area contributed by atoms with Crippen molar-refractivity contribution in [2.75, 3.05) is 0 Å². The summed E-state index contributed by atoms with van der Waals surface area (Å²) in [6.07, 6.45) is -0.781. The van der Waals surface area contributed by atoms with Crippen molar-refractivity contribution in [3.63, 3.8) is 0 Å². The molecule has 5 nitrogen and oxygen atoms in total. The smallest absolute Gasteiger partial charge is 0.390 e. The first-order chi connectivity index (χ1) is 15.7. The number of ketones is 1. The molecule has 0 saturated carbocycles. The Kier molecular flexibility index (Phi) is 5.86. The molecule has 0 fully saturated rings. The number of fused-ring (bicyclic) bond motifs is 1. The summed E-state index contributed by atoms with van der Waals surface area (Å²) < 4.78 is 84.9. The molecule has 0 bridgehead atoms. The molecule has 168 valence electrons. The first-order valence-electron chi connectivity index (χ1n) is 9.20. The van der Waals surface area contributed by atoms with Gasteiger partial charge in [-0.25, -0.2) is 18.2 Å². The van der Waals surface area contributed by atoms with Gasteiger partial charge in [-0.3, -0.25) is 9.20 Å². The number of alkyl halides is 2. The molecule has 33 heavy (non-hydrogen) atoms. The van der Waals surface area contributed by atoms with Crippen LogP contribution in [0.2, 0.25) is 0 Å². The second-order valence-corrected chi connectivity index (χ2v) is 6.61. The molecule has 4 aromatic rings. The van der Waals surface area contributed by atoms with Gasteiger partial charge in [0.1, 0.15) is 17.2 Å². The minimum Gasteiger partial charge on any atom is -0.393 e. The highest BCUT2D eigenvalue weighted by molar-refractivity contribution is 6.09. The van der Waals surface area contributed by atoms with E-state index >= 15 is 0 Å².